The van der Waals surface area contributed by atoms with Gasteiger partial charge in [-0.1, -0.05) is 0 Å². The van der Waals surface area contributed by atoms with Crippen molar-refractivity contribution in [2.45, 2.75) is 13.0 Å². The number of aliphatic carboxylic acids is 1. The molecule has 0 amide bonds. The number of carboxylic acid groups (broad SMARTS) is 1. The van der Waals surface area contributed by atoms with E-state index in [0.29, 0.717) is 0 Å². The van der Waals surface area contributed by atoms with Crippen LogP contribution in [0.2, 0.25) is 0 Å². The molecule has 0 bridgehead atoms. The summed E-state index contributed by atoms with van der Waals surface area (Å²) < 4.78 is 0. The molecular weight excluding hydrogens is 121 g/mol. The van der Waals surface area contributed by atoms with Crippen LogP contribution in [-0.2, 0) is 4.79 Å². The molecule has 0 aromatic carbocycles. The van der Waals surface area contributed by atoms with E-state index in [1.54, 1.807) is 0 Å². The molecule has 0 aliphatic heterocycles. The minimum Gasteiger partial charge on any atom is -0.870 e. The Hall–Kier alpha value is 0.390. The fraction of sp³-hybridized carbons (Fsp3) is 0.667. The van der Waals surface area contributed by atoms with Gasteiger partial charge < -0.3 is 16.3 Å². The van der Waals surface area contributed by atoms with E-state index in [2.05, 4.69) is 0 Å². The molecule has 0 saturated carbocycles. The van der Waals surface area contributed by atoms with Gasteiger partial charge in [0, 0.05) is 0 Å². The van der Waals surface area contributed by atoms with Gasteiger partial charge >= 0.3 is 35.5 Å². The van der Waals surface area contributed by atoms with Gasteiger partial charge in [0.1, 0.15) is 6.04 Å². The van der Waals surface area contributed by atoms with Gasteiger partial charge in [-0.15, -0.1) is 0 Å². The Bertz CT molecular complexity index is 65.5. The zero-order valence-corrected chi connectivity index (χ0v) is 6.96. The maximum atomic E-state index is 9.57. The summed E-state index contributed by atoms with van der Waals surface area (Å²) >= 11 is 0. The van der Waals surface area contributed by atoms with Gasteiger partial charge in [-0.2, -0.15) is 0 Å². The molecule has 1 unspecified atom stereocenters. The van der Waals surface area contributed by atoms with Crippen molar-refractivity contribution < 1.29 is 44.9 Å². The predicted octanol–water partition coefficient (Wildman–Crippen LogP) is -3.75. The van der Waals surface area contributed by atoms with Gasteiger partial charge in [0.2, 0.25) is 0 Å². The molecule has 4 N–H and O–H groups in total. The van der Waals surface area contributed by atoms with Gasteiger partial charge in [-0.25, -0.2) is 0 Å². The molecule has 0 aliphatic rings. The number of hydrogen-bond donors (Lipinski definition) is 2. The molecule has 0 aromatic rings. The second-order valence-electron chi connectivity index (χ2n) is 1.13. The normalized spacial score (nSPS) is 10.2. The summed E-state index contributed by atoms with van der Waals surface area (Å²) in [5.74, 6) is -0.963. The molecule has 0 aliphatic carbocycles. The Balaban J connectivity index is -0.000000125. The third-order valence-corrected chi connectivity index (χ3v) is 0.390. The van der Waals surface area contributed by atoms with Gasteiger partial charge in [-0.3, -0.25) is 4.79 Å². The number of hydrogen-bond acceptors (Lipinski definition) is 3. The predicted molar refractivity (Wildman–Crippen MR) is 23.2 cm³/mol. The molecule has 0 saturated heterocycles. The van der Waals surface area contributed by atoms with Crippen molar-refractivity contribution >= 4 is 5.97 Å². The fourth-order valence-corrected chi connectivity index (χ4v) is 0. The maximum Gasteiger partial charge on any atom is 1.00 e. The summed E-state index contributed by atoms with van der Waals surface area (Å²) in [6, 6.07) is -0.731. The minimum atomic E-state index is -0.963. The van der Waals surface area contributed by atoms with Crippen molar-refractivity contribution in [3.63, 3.8) is 0 Å². The van der Waals surface area contributed by atoms with Crippen molar-refractivity contribution in [3.8, 4) is 0 Å². The summed E-state index contributed by atoms with van der Waals surface area (Å²) in [7, 11) is 0. The third kappa shape index (κ3) is 9.63. The Kier molecular flexibility index (Phi) is 14.6. The quantitative estimate of drug-likeness (QED) is 0.355. The van der Waals surface area contributed by atoms with Crippen LogP contribution in [0, 0.1) is 0 Å². The maximum absolute atomic E-state index is 9.57. The first-order valence-corrected chi connectivity index (χ1v) is 1.63. The van der Waals surface area contributed by atoms with Crippen LogP contribution in [0.15, 0.2) is 0 Å². The molecule has 0 heterocycles. The fourth-order valence-electron chi connectivity index (χ4n) is 0. The molecule has 4 nitrogen and oxygen atoms in total. The van der Waals surface area contributed by atoms with Crippen LogP contribution < -0.4 is 35.3 Å². The Morgan fingerprint density at radius 1 is 1.75 bits per heavy atom. The number of carboxylic acids is 1. The zero-order chi connectivity index (χ0) is 5.15. The van der Waals surface area contributed by atoms with Crippen molar-refractivity contribution in [3.05, 3.63) is 0 Å². The van der Waals surface area contributed by atoms with E-state index in [0.717, 1.165) is 0 Å². The van der Waals surface area contributed by atoms with Crippen LogP contribution in [0.3, 0.4) is 0 Å². The summed E-state index contributed by atoms with van der Waals surface area (Å²) in [6.07, 6.45) is 0. The van der Waals surface area contributed by atoms with Crippen LogP contribution in [0.25, 0.3) is 0 Å². The molecule has 0 spiro atoms. The number of carbonyl (C=O) groups is 1. The van der Waals surface area contributed by atoms with E-state index in [4.69, 9.17) is 10.8 Å². The minimum absolute atomic E-state index is 0. The molecule has 44 valence electrons. The van der Waals surface area contributed by atoms with Crippen LogP contribution in [0.5, 0.6) is 0 Å². The van der Waals surface area contributed by atoms with E-state index in [-0.39, 0.29) is 35.0 Å². The molecule has 1 atom stereocenters. The van der Waals surface area contributed by atoms with Crippen LogP contribution >= 0.6 is 0 Å². The Morgan fingerprint density at radius 2 is 1.88 bits per heavy atom. The first-order chi connectivity index (χ1) is 2.64. The zero-order valence-electron chi connectivity index (χ0n) is 4.96. The van der Waals surface area contributed by atoms with Gasteiger partial charge in [0.25, 0.3) is 0 Å². The van der Waals surface area contributed by atoms with Gasteiger partial charge in [0.05, 0.1) is 0 Å². The van der Waals surface area contributed by atoms with E-state index >= 15 is 0 Å². The van der Waals surface area contributed by atoms with Crippen molar-refractivity contribution in [1.82, 2.24) is 0 Å². The second-order valence-corrected chi connectivity index (χ2v) is 1.13. The molecular formula is C3H8NNaO3. The van der Waals surface area contributed by atoms with E-state index in [9.17, 15) is 4.79 Å². The van der Waals surface area contributed by atoms with E-state index in [1.165, 1.54) is 6.92 Å². The van der Waals surface area contributed by atoms with E-state index < -0.39 is 12.0 Å². The van der Waals surface area contributed by atoms with Gasteiger partial charge in [-0.05, 0) is 6.92 Å². The average Bonchev–Trinajstić information content (AvgIpc) is 1.36. The molecule has 0 aromatic heterocycles. The van der Waals surface area contributed by atoms with Gasteiger partial charge in [0.15, 0.2) is 0 Å². The summed E-state index contributed by atoms with van der Waals surface area (Å²) in [6.45, 7) is 1.42. The van der Waals surface area contributed by atoms with Crippen LogP contribution in [0.4, 0.5) is 0 Å². The molecule has 5 heteroatoms. The summed E-state index contributed by atoms with van der Waals surface area (Å²) in [5.41, 5.74) is 4.84. The van der Waals surface area contributed by atoms with Crippen LogP contribution in [-0.4, -0.2) is 22.6 Å². The smallest absolute Gasteiger partial charge is 0.870 e. The second kappa shape index (κ2) is 7.39. The van der Waals surface area contributed by atoms with E-state index in [1.807, 2.05) is 0 Å². The largest absolute Gasteiger partial charge is 1.00 e. The monoisotopic (exact) mass is 129 g/mol. The number of nitrogens with two attached hydrogens (primary N) is 1. The summed E-state index contributed by atoms with van der Waals surface area (Å²) in [5, 5.41) is 7.87. The standard InChI is InChI=1S/C3H7NO2.Na.H2O/c1-2(4)3(5)6;;/h2H,4H2,1H3,(H,5,6);;1H2/q;+1;/p-1. The molecule has 0 rings (SSSR count). The first kappa shape index (κ1) is 15.8. The van der Waals surface area contributed by atoms with Crippen molar-refractivity contribution in [2.75, 3.05) is 0 Å². The molecule has 0 radical (unpaired) electrons. The average molecular weight is 129 g/mol. The SMILES string of the molecule is CC(N)C(=O)O.[Na+].[OH-]. The molecule has 0 fully saturated rings. The van der Waals surface area contributed by atoms with Crippen LogP contribution in [0.1, 0.15) is 6.92 Å². The third-order valence-electron chi connectivity index (χ3n) is 0.390. The Morgan fingerprint density at radius 3 is 1.88 bits per heavy atom. The topological polar surface area (TPSA) is 93.3 Å². The Labute approximate surface area is 69.7 Å². The summed E-state index contributed by atoms with van der Waals surface area (Å²) in [4.78, 5) is 9.57. The molecule has 8 heavy (non-hydrogen) atoms. The number of rotatable bonds is 1. The first-order valence-electron chi connectivity index (χ1n) is 1.63. The van der Waals surface area contributed by atoms with Crippen molar-refractivity contribution in [2.24, 2.45) is 5.73 Å². The van der Waals surface area contributed by atoms with Crippen molar-refractivity contribution in [1.29, 1.82) is 0 Å².